The summed E-state index contributed by atoms with van der Waals surface area (Å²) in [6.45, 7) is 3.76. The van der Waals surface area contributed by atoms with Crippen LogP contribution in [0.3, 0.4) is 0 Å². The maximum absolute atomic E-state index is 13.1. The summed E-state index contributed by atoms with van der Waals surface area (Å²) in [6, 6.07) is 12.6. The summed E-state index contributed by atoms with van der Waals surface area (Å²) in [6.07, 6.45) is -4.21. The minimum Gasteiger partial charge on any atom is -0.480 e. The molecule has 188 valence electrons. The highest BCUT2D eigenvalue weighted by Crippen LogP contribution is 2.44. The number of carbonyl (C=O) groups excluding carboxylic acids is 2. The molecule has 0 heterocycles. The second kappa shape index (κ2) is 11.8. The van der Waals surface area contributed by atoms with Gasteiger partial charge < -0.3 is 20.5 Å². The van der Waals surface area contributed by atoms with Crippen molar-refractivity contribution in [1.82, 2.24) is 10.6 Å². The molecule has 1 aliphatic carbocycles. The Morgan fingerprint density at radius 3 is 2.00 bits per heavy atom. The summed E-state index contributed by atoms with van der Waals surface area (Å²) in [5.74, 6) is -2.29. The number of ether oxygens (including phenoxy) is 1. The van der Waals surface area contributed by atoms with Crippen molar-refractivity contribution in [3.8, 4) is 11.1 Å². The Morgan fingerprint density at radius 2 is 1.49 bits per heavy atom. The van der Waals surface area contributed by atoms with E-state index in [1.54, 1.807) is 0 Å². The molecular weight excluding hydrogens is 458 g/mol. The lowest BCUT2D eigenvalue weighted by atomic mass is 9.98. The number of carboxylic acids is 1. The maximum Gasteiger partial charge on any atom is 0.407 e. The minimum absolute atomic E-state index is 0.0466. The molecule has 2 unspecified atom stereocenters. The Labute approximate surface area is 202 Å². The molecule has 2 aromatic rings. The highest BCUT2D eigenvalue weighted by molar-refractivity contribution is 5.89. The number of carbonyl (C=O) groups is 3. The van der Waals surface area contributed by atoms with Crippen molar-refractivity contribution in [2.75, 3.05) is 6.61 Å². The van der Waals surface area contributed by atoms with E-state index in [1.807, 2.05) is 62.4 Å². The maximum atomic E-state index is 13.1. The third-order valence-electron chi connectivity index (χ3n) is 6.01. The number of benzene rings is 2. The summed E-state index contributed by atoms with van der Waals surface area (Å²) in [7, 11) is 0. The molecule has 3 N–H and O–H groups in total. The van der Waals surface area contributed by atoms with E-state index in [1.165, 1.54) is 0 Å². The highest BCUT2D eigenvalue weighted by Gasteiger charge is 2.31. The van der Waals surface area contributed by atoms with Gasteiger partial charge in [-0.1, -0.05) is 62.4 Å². The van der Waals surface area contributed by atoms with Crippen molar-refractivity contribution in [3.05, 3.63) is 59.7 Å². The Bertz CT molecular complexity index is 1010. The van der Waals surface area contributed by atoms with Crippen molar-refractivity contribution >= 4 is 18.0 Å². The van der Waals surface area contributed by atoms with Crippen LogP contribution < -0.4 is 10.6 Å². The number of alkyl carbamates (subject to hydrolysis) is 1. The van der Waals surface area contributed by atoms with Gasteiger partial charge >= 0.3 is 12.1 Å². The van der Waals surface area contributed by atoms with E-state index >= 15 is 0 Å². The number of hydrogen-bond donors (Lipinski definition) is 3. The fraction of sp³-hybridized carbons (Fsp3) is 0.423. The quantitative estimate of drug-likeness (QED) is 0.430. The van der Waals surface area contributed by atoms with Gasteiger partial charge in [-0.05, 0) is 41.0 Å². The summed E-state index contributed by atoms with van der Waals surface area (Å²) in [4.78, 5) is 36.6. The predicted octanol–water partition coefficient (Wildman–Crippen LogP) is 4.55. The molecule has 0 bridgehead atoms. The van der Waals surface area contributed by atoms with Crippen LogP contribution in [0.1, 0.15) is 50.2 Å². The first-order chi connectivity index (χ1) is 16.7. The molecule has 9 heteroatoms. The smallest absolute Gasteiger partial charge is 0.407 e. The first-order valence-electron chi connectivity index (χ1n) is 11.6. The molecule has 0 saturated heterocycles. The normalized spacial score (nSPS) is 14.2. The fourth-order valence-electron chi connectivity index (χ4n) is 4.22. The van der Waals surface area contributed by atoms with Gasteiger partial charge in [-0.25, -0.2) is 18.4 Å². The molecule has 0 aromatic heterocycles. The van der Waals surface area contributed by atoms with Crippen molar-refractivity contribution in [3.63, 3.8) is 0 Å². The topological polar surface area (TPSA) is 105 Å². The van der Waals surface area contributed by atoms with Crippen LogP contribution in [0.5, 0.6) is 0 Å². The molecule has 3 rings (SSSR count). The van der Waals surface area contributed by atoms with Crippen LogP contribution in [-0.2, 0) is 14.3 Å². The number of fused-ring (bicyclic) bond motifs is 3. The lowest BCUT2D eigenvalue weighted by Crippen LogP contribution is -2.52. The summed E-state index contributed by atoms with van der Waals surface area (Å²) >= 11 is 0. The van der Waals surface area contributed by atoms with E-state index in [2.05, 4.69) is 10.6 Å². The van der Waals surface area contributed by atoms with Crippen LogP contribution in [0.2, 0.25) is 0 Å². The van der Waals surface area contributed by atoms with Gasteiger partial charge in [-0.2, -0.15) is 0 Å². The molecule has 1 aliphatic rings. The second-order valence-corrected chi connectivity index (χ2v) is 9.02. The third kappa shape index (κ3) is 6.77. The van der Waals surface area contributed by atoms with Crippen molar-refractivity contribution < 1.29 is 33.0 Å². The zero-order valence-electron chi connectivity index (χ0n) is 19.7. The molecule has 0 radical (unpaired) electrons. The highest BCUT2D eigenvalue weighted by atomic mass is 19.3. The standard InChI is InChI=1S/C26H30F2N2O5/c1-15(2)11-12-21(25(32)33)29-24(31)22(13-23(27)28)30-26(34)35-14-20-18-9-5-3-7-16(18)17-8-4-6-10-19(17)20/h3-10,15,20-23H,11-14H2,1-2H3,(H,29,31)(H,30,34)(H,32,33). The lowest BCUT2D eigenvalue weighted by Gasteiger charge is -2.22. The Balaban J connectivity index is 1.65. The first-order valence-corrected chi connectivity index (χ1v) is 11.6. The Hall–Kier alpha value is -3.49. The summed E-state index contributed by atoms with van der Waals surface area (Å²) in [5.41, 5.74) is 4.04. The molecule has 7 nitrogen and oxygen atoms in total. The number of rotatable bonds is 11. The summed E-state index contributed by atoms with van der Waals surface area (Å²) < 4.78 is 31.6. The monoisotopic (exact) mass is 488 g/mol. The number of amides is 2. The molecular formula is C26H30F2N2O5. The van der Waals surface area contributed by atoms with E-state index in [-0.39, 0.29) is 24.9 Å². The van der Waals surface area contributed by atoms with E-state index in [0.29, 0.717) is 6.42 Å². The molecule has 0 saturated carbocycles. The second-order valence-electron chi connectivity index (χ2n) is 9.02. The minimum atomic E-state index is -2.89. The number of nitrogens with one attached hydrogen (secondary N) is 2. The fourth-order valence-corrected chi connectivity index (χ4v) is 4.22. The van der Waals surface area contributed by atoms with Crippen LogP contribution in [-0.4, -0.2) is 48.2 Å². The van der Waals surface area contributed by atoms with E-state index < -0.39 is 42.9 Å². The van der Waals surface area contributed by atoms with Gasteiger partial charge in [0.1, 0.15) is 18.7 Å². The van der Waals surface area contributed by atoms with Crippen LogP contribution >= 0.6 is 0 Å². The van der Waals surface area contributed by atoms with Crippen LogP contribution in [0.25, 0.3) is 11.1 Å². The SMILES string of the molecule is CC(C)CCC(NC(=O)C(CC(F)F)NC(=O)OCC1c2ccccc2-c2ccccc21)C(=O)O. The number of carboxylic acid groups (broad SMARTS) is 1. The lowest BCUT2D eigenvalue weighted by molar-refractivity contribution is -0.142. The molecule has 35 heavy (non-hydrogen) atoms. The average Bonchev–Trinajstić information content (AvgIpc) is 3.13. The van der Waals surface area contributed by atoms with Gasteiger partial charge in [-0.3, -0.25) is 4.79 Å². The van der Waals surface area contributed by atoms with Gasteiger partial charge in [0.2, 0.25) is 12.3 Å². The van der Waals surface area contributed by atoms with Crippen LogP contribution in [0.4, 0.5) is 13.6 Å². The third-order valence-corrected chi connectivity index (χ3v) is 6.01. The van der Waals surface area contributed by atoms with Crippen molar-refractivity contribution in [2.45, 2.75) is 57.5 Å². The van der Waals surface area contributed by atoms with Gasteiger partial charge in [-0.15, -0.1) is 0 Å². The molecule has 0 spiro atoms. The molecule has 2 atom stereocenters. The van der Waals surface area contributed by atoms with E-state index in [4.69, 9.17) is 4.74 Å². The number of hydrogen-bond acceptors (Lipinski definition) is 4. The molecule has 2 aromatic carbocycles. The average molecular weight is 489 g/mol. The van der Waals surface area contributed by atoms with Crippen LogP contribution in [0.15, 0.2) is 48.5 Å². The van der Waals surface area contributed by atoms with Crippen molar-refractivity contribution in [1.29, 1.82) is 0 Å². The summed E-state index contributed by atoms with van der Waals surface area (Å²) in [5, 5.41) is 13.8. The van der Waals surface area contributed by atoms with Crippen LogP contribution in [0, 0.1) is 5.92 Å². The van der Waals surface area contributed by atoms with Crippen molar-refractivity contribution in [2.24, 2.45) is 5.92 Å². The number of aliphatic carboxylic acids is 1. The zero-order valence-corrected chi connectivity index (χ0v) is 19.7. The number of alkyl halides is 2. The van der Waals surface area contributed by atoms with Gasteiger partial charge in [0.25, 0.3) is 0 Å². The Morgan fingerprint density at radius 1 is 0.914 bits per heavy atom. The molecule has 0 fully saturated rings. The molecule has 0 aliphatic heterocycles. The zero-order chi connectivity index (χ0) is 25.5. The predicted molar refractivity (Wildman–Crippen MR) is 126 cm³/mol. The van der Waals surface area contributed by atoms with E-state index in [9.17, 15) is 28.3 Å². The number of halogens is 2. The van der Waals surface area contributed by atoms with Gasteiger partial charge in [0, 0.05) is 12.3 Å². The molecule has 2 amide bonds. The Kier molecular flexibility index (Phi) is 8.78. The van der Waals surface area contributed by atoms with Gasteiger partial charge in [0.15, 0.2) is 0 Å². The largest absolute Gasteiger partial charge is 0.480 e. The van der Waals surface area contributed by atoms with Gasteiger partial charge in [0.05, 0.1) is 0 Å². The van der Waals surface area contributed by atoms with E-state index in [0.717, 1.165) is 22.3 Å². The first kappa shape index (κ1) is 26.1.